The molecule has 13 heavy (non-hydrogen) atoms. The van der Waals surface area contributed by atoms with Gasteiger partial charge in [-0.05, 0) is 29.9 Å². The van der Waals surface area contributed by atoms with Gasteiger partial charge in [0.25, 0.3) is 0 Å². The Hall–Kier alpha value is -0.995. The molecule has 2 N–H and O–H groups in total. The van der Waals surface area contributed by atoms with Gasteiger partial charge in [-0.25, -0.2) is 0 Å². The zero-order valence-corrected chi connectivity index (χ0v) is 7.23. The Labute approximate surface area is 77.1 Å². The molecular weight excluding hydrogens is 167 g/mol. The van der Waals surface area contributed by atoms with E-state index in [0.717, 1.165) is 30.8 Å². The highest BCUT2D eigenvalue weighted by Crippen LogP contribution is 2.22. The van der Waals surface area contributed by atoms with Gasteiger partial charge in [0.2, 0.25) is 0 Å². The third-order valence-electron chi connectivity index (χ3n) is 2.23. The minimum atomic E-state index is -1.38. The molecular formula is C9H11BO3. The van der Waals surface area contributed by atoms with Gasteiger partial charge in [-0.3, -0.25) is 0 Å². The van der Waals surface area contributed by atoms with E-state index in [1.54, 1.807) is 18.2 Å². The van der Waals surface area contributed by atoms with Crippen LogP contribution in [-0.4, -0.2) is 23.8 Å². The first kappa shape index (κ1) is 8.60. The van der Waals surface area contributed by atoms with Crippen molar-refractivity contribution in [1.29, 1.82) is 0 Å². The van der Waals surface area contributed by atoms with Crippen LogP contribution in [0.1, 0.15) is 12.0 Å². The molecule has 0 atom stereocenters. The molecule has 0 spiro atoms. The first-order valence-corrected chi connectivity index (χ1v) is 4.39. The Kier molecular flexibility index (Phi) is 2.25. The smallest absolute Gasteiger partial charge is 0.488 e. The molecule has 1 aromatic carbocycles. The van der Waals surface area contributed by atoms with E-state index in [2.05, 4.69) is 0 Å². The molecule has 68 valence electrons. The van der Waals surface area contributed by atoms with Gasteiger partial charge in [0, 0.05) is 0 Å². The summed E-state index contributed by atoms with van der Waals surface area (Å²) >= 11 is 0. The summed E-state index contributed by atoms with van der Waals surface area (Å²) in [5, 5.41) is 17.9. The SMILES string of the molecule is OB(O)c1ccc2c(c1)CCCO2. The van der Waals surface area contributed by atoms with Gasteiger partial charge in [-0.15, -0.1) is 0 Å². The van der Waals surface area contributed by atoms with Crippen molar-refractivity contribution in [3.8, 4) is 5.75 Å². The number of aryl methyl sites for hydroxylation is 1. The van der Waals surface area contributed by atoms with Crippen molar-refractivity contribution in [3.05, 3.63) is 23.8 Å². The van der Waals surface area contributed by atoms with Crippen LogP contribution >= 0.6 is 0 Å². The highest BCUT2D eigenvalue weighted by molar-refractivity contribution is 6.58. The van der Waals surface area contributed by atoms with Crippen molar-refractivity contribution < 1.29 is 14.8 Å². The molecule has 1 aromatic rings. The predicted molar refractivity (Wildman–Crippen MR) is 50.1 cm³/mol. The van der Waals surface area contributed by atoms with Crippen LogP contribution in [0.4, 0.5) is 0 Å². The lowest BCUT2D eigenvalue weighted by Crippen LogP contribution is -2.30. The maximum absolute atomic E-state index is 8.94. The summed E-state index contributed by atoms with van der Waals surface area (Å²) in [7, 11) is -1.38. The van der Waals surface area contributed by atoms with Crippen LogP contribution in [0, 0.1) is 0 Å². The average Bonchev–Trinajstić information content (AvgIpc) is 2.17. The zero-order valence-electron chi connectivity index (χ0n) is 7.23. The summed E-state index contributed by atoms with van der Waals surface area (Å²) in [6.07, 6.45) is 1.95. The number of hydrogen-bond donors (Lipinski definition) is 2. The minimum Gasteiger partial charge on any atom is -0.493 e. The van der Waals surface area contributed by atoms with Gasteiger partial charge in [0.05, 0.1) is 6.61 Å². The highest BCUT2D eigenvalue weighted by atomic mass is 16.5. The standard InChI is InChI=1S/C9H11BO3/c11-10(12)8-3-4-9-7(6-8)2-1-5-13-9/h3-4,6,11-12H,1-2,5H2. The molecule has 0 radical (unpaired) electrons. The Bertz CT molecular complexity index is 312. The average molecular weight is 178 g/mol. The highest BCUT2D eigenvalue weighted by Gasteiger charge is 2.15. The van der Waals surface area contributed by atoms with Crippen LogP contribution in [0.2, 0.25) is 0 Å². The summed E-state index contributed by atoms with van der Waals surface area (Å²) < 4.78 is 5.39. The summed E-state index contributed by atoms with van der Waals surface area (Å²) in [6, 6.07) is 5.26. The van der Waals surface area contributed by atoms with Crippen molar-refractivity contribution in [2.24, 2.45) is 0 Å². The van der Waals surface area contributed by atoms with E-state index in [0.29, 0.717) is 5.46 Å². The van der Waals surface area contributed by atoms with Crippen LogP contribution < -0.4 is 10.2 Å². The zero-order chi connectivity index (χ0) is 9.26. The normalized spacial score (nSPS) is 14.6. The molecule has 0 fully saturated rings. The first-order valence-electron chi connectivity index (χ1n) is 4.39. The molecule has 0 bridgehead atoms. The van der Waals surface area contributed by atoms with Gasteiger partial charge in [0.15, 0.2) is 0 Å². The molecule has 0 saturated carbocycles. The van der Waals surface area contributed by atoms with Crippen molar-refractivity contribution in [2.75, 3.05) is 6.61 Å². The lowest BCUT2D eigenvalue weighted by Gasteiger charge is -2.17. The number of rotatable bonds is 1. The lowest BCUT2D eigenvalue weighted by molar-refractivity contribution is 0.288. The molecule has 1 aliphatic rings. The fraction of sp³-hybridized carbons (Fsp3) is 0.333. The van der Waals surface area contributed by atoms with Crippen molar-refractivity contribution in [1.82, 2.24) is 0 Å². The monoisotopic (exact) mass is 178 g/mol. The van der Waals surface area contributed by atoms with E-state index >= 15 is 0 Å². The first-order chi connectivity index (χ1) is 6.27. The Morgan fingerprint density at radius 3 is 2.92 bits per heavy atom. The molecule has 0 amide bonds. The number of benzene rings is 1. The fourth-order valence-corrected chi connectivity index (χ4v) is 1.54. The molecule has 4 heteroatoms. The molecule has 1 heterocycles. The third-order valence-corrected chi connectivity index (χ3v) is 2.23. The predicted octanol–water partition coefficient (Wildman–Crippen LogP) is -0.309. The van der Waals surface area contributed by atoms with Crippen molar-refractivity contribution >= 4 is 12.6 Å². The number of ether oxygens (including phenoxy) is 1. The van der Waals surface area contributed by atoms with Gasteiger partial charge in [-0.2, -0.15) is 0 Å². The van der Waals surface area contributed by atoms with Gasteiger partial charge >= 0.3 is 7.12 Å². The quantitative estimate of drug-likeness (QED) is 0.580. The third kappa shape index (κ3) is 1.69. The second-order valence-electron chi connectivity index (χ2n) is 3.19. The largest absolute Gasteiger partial charge is 0.493 e. The molecule has 0 unspecified atom stereocenters. The second kappa shape index (κ2) is 3.40. The van der Waals surface area contributed by atoms with E-state index in [1.165, 1.54) is 0 Å². The van der Waals surface area contributed by atoms with Gasteiger partial charge in [0.1, 0.15) is 5.75 Å². The Morgan fingerprint density at radius 2 is 2.15 bits per heavy atom. The van der Waals surface area contributed by atoms with Crippen molar-refractivity contribution in [2.45, 2.75) is 12.8 Å². The fourth-order valence-electron chi connectivity index (χ4n) is 1.54. The maximum atomic E-state index is 8.94. The van der Waals surface area contributed by atoms with E-state index in [9.17, 15) is 0 Å². The van der Waals surface area contributed by atoms with E-state index in [1.807, 2.05) is 0 Å². The van der Waals surface area contributed by atoms with E-state index in [-0.39, 0.29) is 0 Å². The Morgan fingerprint density at radius 1 is 1.31 bits per heavy atom. The topological polar surface area (TPSA) is 49.7 Å². The summed E-state index contributed by atoms with van der Waals surface area (Å²) in [4.78, 5) is 0. The van der Waals surface area contributed by atoms with Crippen LogP contribution in [0.3, 0.4) is 0 Å². The molecule has 0 saturated heterocycles. The van der Waals surface area contributed by atoms with Crippen LogP contribution in [0.25, 0.3) is 0 Å². The second-order valence-corrected chi connectivity index (χ2v) is 3.19. The van der Waals surface area contributed by atoms with Gasteiger partial charge in [-0.1, -0.05) is 12.1 Å². The summed E-state index contributed by atoms with van der Waals surface area (Å²) in [5.74, 6) is 0.871. The molecule has 2 rings (SSSR count). The molecule has 0 aliphatic carbocycles. The summed E-state index contributed by atoms with van der Waals surface area (Å²) in [5.41, 5.74) is 1.60. The molecule has 3 nitrogen and oxygen atoms in total. The Balaban J connectivity index is 2.35. The van der Waals surface area contributed by atoms with Gasteiger partial charge < -0.3 is 14.8 Å². The van der Waals surface area contributed by atoms with Crippen LogP contribution in [-0.2, 0) is 6.42 Å². The number of hydrogen-bond acceptors (Lipinski definition) is 3. The van der Waals surface area contributed by atoms with E-state index in [4.69, 9.17) is 14.8 Å². The van der Waals surface area contributed by atoms with E-state index < -0.39 is 7.12 Å². The van der Waals surface area contributed by atoms with Crippen LogP contribution in [0.5, 0.6) is 5.75 Å². The molecule has 0 aromatic heterocycles. The van der Waals surface area contributed by atoms with Crippen LogP contribution in [0.15, 0.2) is 18.2 Å². The summed E-state index contributed by atoms with van der Waals surface area (Å²) in [6.45, 7) is 0.758. The lowest BCUT2D eigenvalue weighted by atomic mass is 9.79. The minimum absolute atomic E-state index is 0.532. The molecule has 1 aliphatic heterocycles. The maximum Gasteiger partial charge on any atom is 0.488 e. The van der Waals surface area contributed by atoms with Crippen molar-refractivity contribution in [3.63, 3.8) is 0 Å². The number of fused-ring (bicyclic) bond motifs is 1.